The topological polar surface area (TPSA) is 65.3 Å². The fourth-order valence-corrected chi connectivity index (χ4v) is 3.91. The minimum Gasteiger partial charge on any atom is -0.391 e. The summed E-state index contributed by atoms with van der Waals surface area (Å²) in [4.78, 5) is 13.9. The van der Waals surface area contributed by atoms with Gasteiger partial charge in [-0.15, -0.1) is 6.58 Å². The summed E-state index contributed by atoms with van der Waals surface area (Å²) in [6, 6.07) is 0.475. The van der Waals surface area contributed by atoms with E-state index in [4.69, 9.17) is 0 Å². The number of hydrogen-bond acceptors (Lipinski definition) is 5. The zero-order valence-corrected chi connectivity index (χ0v) is 15.2. The number of Topliss-reactive ketones (excluding diaryl/α,β-unsaturated/α-hetero) is 1. The number of azo groups is 1. The number of hydrogen-bond donors (Lipinski definition) is 1. The van der Waals surface area contributed by atoms with Crippen LogP contribution in [0.3, 0.4) is 0 Å². The summed E-state index contributed by atoms with van der Waals surface area (Å²) in [7, 11) is 1.99. The molecule has 24 heavy (non-hydrogen) atoms. The van der Waals surface area contributed by atoms with Gasteiger partial charge in [0.1, 0.15) is 0 Å². The van der Waals surface area contributed by atoms with Crippen molar-refractivity contribution >= 4 is 5.78 Å². The number of nitrogens with zero attached hydrogens (tertiary/aromatic N) is 3. The van der Waals surface area contributed by atoms with Gasteiger partial charge in [0.2, 0.25) is 0 Å². The second-order valence-corrected chi connectivity index (χ2v) is 7.61. The molecule has 0 aromatic rings. The minimum absolute atomic E-state index is 0.130. The van der Waals surface area contributed by atoms with Crippen molar-refractivity contribution in [3.05, 3.63) is 12.7 Å². The van der Waals surface area contributed by atoms with E-state index in [1.54, 1.807) is 6.08 Å². The van der Waals surface area contributed by atoms with Gasteiger partial charge >= 0.3 is 0 Å². The van der Waals surface area contributed by atoms with Crippen LogP contribution in [0.2, 0.25) is 0 Å². The standard InChI is InChI=1S/C19H33N3O2/c1-4-7-16(23)13-22(3)15-10-11-19(24)18(12-15)21-20-17-9-6-5-8-14(17)2/h4,14-15,17-19,24H,1,5-13H2,2-3H3. The van der Waals surface area contributed by atoms with Gasteiger partial charge < -0.3 is 5.11 Å². The van der Waals surface area contributed by atoms with Gasteiger partial charge in [-0.1, -0.05) is 25.8 Å². The Kier molecular flexibility index (Phi) is 7.56. The molecule has 5 atom stereocenters. The molecule has 5 heteroatoms. The Morgan fingerprint density at radius 2 is 1.92 bits per heavy atom. The molecule has 2 aliphatic carbocycles. The van der Waals surface area contributed by atoms with Crippen molar-refractivity contribution in [1.82, 2.24) is 4.90 Å². The first-order valence-electron chi connectivity index (χ1n) is 9.42. The second kappa shape index (κ2) is 9.42. The van der Waals surface area contributed by atoms with Crippen LogP contribution in [0.5, 0.6) is 0 Å². The van der Waals surface area contributed by atoms with Crippen molar-refractivity contribution < 1.29 is 9.90 Å². The highest BCUT2D eigenvalue weighted by molar-refractivity contribution is 5.81. The van der Waals surface area contributed by atoms with E-state index in [1.165, 1.54) is 19.3 Å². The zero-order chi connectivity index (χ0) is 17.5. The molecule has 0 saturated heterocycles. The molecule has 5 nitrogen and oxygen atoms in total. The molecule has 2 saturated carbocycles. The summed E-state index contributed by atoms with van der Waals surface area (Å²) in [6.45, 7) is 6.31. The first kappa shape index (κ1) is 19.3. The molecule has 0 bridgehead atoms. The van der Waals surface area contributed by atoms with Crippen LogP contribution in [-0.4, -0.2) is 53.6 Å². The number of aliphatic hydroxyl groups excluding tert-OH is 1. The molecule has 1 N–H and O–H groups in total. The van der Waals surface area contributed by atoms with Gasteiger partial charge in [0, 0.05) is 12.5 Å². The summed E-state index contributed by atoms with van der Waals surface area (Å²) >= 11 is 0. The molecule has 0 heterocycles. The number of carbonyl (C=O) groups is 1. The van der Waals surface area contributed by atoms with E-state index in [1.807, 2.05) is 7.05 Å². The highest BCUT2D eigenvalue weighted by Crippen LogP contribution is 2.29. The van der Waals surface area contributed by atoms with Gasteiger partial charge in [-0.25, -0.2) is 0 Å². The van der Waals surface area contributed by atoms with E-state index in [2.05, 4.69) is 28.6 Å². The van der Waals surface area contributed by atoms with Crippen LogP contribution in [0, 0.1) is 5.92 Å². The Bertz CT molecular complexity index is 452. The molecule has 0 radical (unpaired) electrons. The Balaban J connectivity index is 1.89. The van der Waals surface area contributed by atoms with Gasteiger partial charge in [0.15, 0.2) is 5.78 Å². The monoisotopic (exact) mass is 335 g/mol. The predicted octanol–water partition coefficient (Wildman–Crippen LogP) is 3.38. The molecule has 0 amide bonds. The quantitative estimate of drug-likeness (QED) is 0.573. The number of allylic oxidation sites excluding steroid dienone is 1. The molecule has 136 valence electrons. The van der Waals surface area contributed by atoms with Crippen LogP contribution in [0.15, 0.2) is 22.9 Å². The van der Waals surface area contributed by atoms with Crippen molar-refractivity contribution in [3.63, 3.8) is 0 Å². The van der Waals surface area contributed by atoms with Gasteiger partial charge in [-0.3, -0.25) is 9.69 Å². The first-order valence-corrected chi connectivity index (χ1v) is 9.42. The summed E-state index contributed by atoms with van der Waals surface area (Å²) in [5, 5.41) is 19.4. The van der Waals surface area contributed by atoms with E-state index < -0.39 is 6.10 Å². The number of rotatable bonds is 7. The Labute approximate surface area is 146 Å². The lowest BCUT2D eigenvalue weighted by molar-refractivity contribution is -0.119. The van der Waals surface area contributed by atoms with Crippen molar-refractivity contribution in [2.75, 3.05) is 13.6 Å². The molecule has 2 aliphatic rings. The summed E-state index contributed by atoms with van der Waals surface area (Å²) in [5.74, 6) is 0.783. The van der Waals surface area contributed by atoms with E-state index in [0.29, 0.717) is 24.9 Å². The Morgan fingerprint density at radius 1 is 1.21 bits per heavy atom. The third-order valence-electron chi connectivity index (χ3n) is 5.60. The molecule has 2 rings (SSSR count). The largest absolute Gasteiger partial charge is 0.391 e. The van der Waals surface area contributed by atoms with Crippen molar-refractivity contribution in [2.45, 2.75) is 82.5 Å². The highest BCUT2D eigenvalue weighted by atomic mass is 16.3. The van der Waals surface area contributed by atoms with Gasteiger partial charge in [0.25, 0.3) is 0 Å². The Hall–Kier alpha value is -1.07. The van der Waals surface area contributed by atoms with Crippen LogP contribution in [0.25, 0.3) is 0 Å². The maximum atomic E-state index is 11.8. The minimum atomic E-state index is -0.402. The van der Waals surface area contributed by atoms with E-state index >= 15 is 0 Å². The van der Waals surface area contributed by atoms with E-state index in [-0.39, 0.29) is 17.9 Å². The molecule has 0 aliphatic heterocycles. The SMILES string of the molecule is C=CCC(=O)CN(C)C1CCC(O)C(N=NC2CCCCC2C)C1. The van der Waals surface area contributed by atoms with Crippen molar-refractivity contribution in [1.29, 1.82) is 0 Å². The van der Waals surface area contributed by atoms with E-state index in [9.17, 15) is 9.90 Å². The summed E-state index contributed by atoms with van der Waals surface area (Å²) in [6.07, 6.45) is 8.97. The summed E-state index contributed by atoms with van der Waals surface area (Å²) in [5.41, 5.74) is 0. The molecule has 2 fully saturated rings. The molecule has 0 spiro atoms. The number of carbonyl (C=O) groups excluding carboxylic acids is 1. The third kappa shape index (κ3) is 5.49. The van der Waals surface area contributed by atoms with Crippen LogP contribution >= 0.6 is 0 Å². The fourth-order valence-electron chi connectivity index (χ4n) is 3.91. The predicted molar refractivity (Wildman–Crippen MR) is 96.2 cm³/mol. The van der Waals surface area contributed by atoms with Crippen LogP contribution in [-0.2, 0) is 4.79 Å². The number of likely N-dealkylation sites (N-methyl/N-ethyl adjacent to an activating group) is 1. The van der Waals surface area contributed by atoms with Crippen molar-refractivity contribution in [2.24, 2.45) is 16.1 Å². The van der Waals surface area contributed by atoms with E-state index in [0.717, 1.165) is 25.7 Å². The lowest BCUT2D eigenvalue weighted by Gasteiger charge is -2.36. The van der Waals surface area contributed by atoms with Crippen LogP contribution in [0.4, 0.5) is 0 Å². The molecule has 5 unspecified atom stereocenters. The first-order chi connectivity index (χ1) is 11.5. The molecular weight excluding hydrogens is 302 g/mol. The molecule has 0 aromatic heterocycles. The Morgan fingerprint density at radius 3 is 2.62 bits per heavy atom. The van der Waals surface area contributed by atoms with Crippen molar-refractivity contribution in [3.8, 4) is 0 Å². The maximum absolute atomic E-state index is 11.8. The van der Waals surface area contributed by atoms with Gasteiger partial charge in [0.05, 0.1) is 24.7 Å². The van der Waals surface area contributed by atoms with Crippen LogP contribution < -0.4 is 0 Å². The molecule has 0 aromatic carbocycles. The third-order valence-corrected chi connectivity index (χ3v) is 5.60. The number of ketones is 1. The number of aliphatic hydroxyl groups is 1. The molecular formula is C19H33N3O2. The van der Waals surface area contributed by atoms with Gasteiger partial charge in [-0.2, -0.15) is 10.2 Å². The average Bonchev–Trinajstić information content (AvgIpc) is 2.55. The highest BCUT2D eigenvalue weighted by Gasteiger charge is 2.32. The fraction of sp³-hybridized carbons (Fsp3) is 0.842. The average molecular weight is 335 g/mol. The van der Waals surface area contributed by atoms with Gasteiger partial charge in [-0.05, 0) is 45.1 Å². The smallest absolute Gasteiger partial charge is 0.150 e. The lowest BCUT2D eigenvalue weighted by atomic mass is 9.86. The van der Waals surface area contributed by atoms with Crippen LogP contribution in [0.1, 0.15) is 58.3 Å². The lowest BCUT2D eigenvalue weighted by Crippen LogP contribution is -2.44. The summed E-state index contributed by atoms with van der Waals surface area (Å²) < 4.78 is 0. The normalized spacial score (nSPS) is 34.6. The second-order valence-electron chi connectivity index (χ2n) is 7.61. The maximum Gasteiger partial charge on any atom is 0.150 e. The zero-order valence-electron chi connectivity index (χ0n) is 15.2.